The van der Waals surface area contributed by atoms with Crippen LogP contribution in [0.2, 0.25) is 5.02 Å². The lowest BCUT2D eigenvalue weighted by Gasteiger charge is -2.04. The molecule has 0 aliphatic rings. The zero-order valence-electron chi connectivity index (χ0n) is 8.75. The Morgan fingerprint density at radius 1 is 1.53 bits per heavy atom. The maximum atomic E-state index is 11.1. The molecule has 0 fully saturated rings. The van der Waals surface area contributed by atoms with Gasteiger partial charge in [0, 0.05) is 23.3 Å². The fraction of sp³-hybridized carbons (Fsp3) is 0.364. The molecule has 0 radical (unpaired) electrons. The topological polar surface area (TPSA) is 26.3 Å². The van der Waals surface area contributed by atoms with E-state index in [1.807, 2.05) is 6.07 Å². The van der Waals surface area contributed by atoms with Crippen molar-refractivity contribution in [2.24, 2.45) is 0 Å². The van der Waals surface area contributed by atoms with Crippen molar-refractivity contribution in [1.29, 1.82) is 0 Å². The van der Waals surface area contributed by atoms with Gasteiger partial charge in [-0.1, -0.05) is 17.7 Å². The molecular formula is C11H13ClO2S. The van der Waals surface area contributed by atoms with Crippen LogP contribution in [0.1, 0.15) is 17.3 Å². The van der Waals surface area contributed by atoms with Crippen molar-refractivity contribution >= 4 is 29.1 Å². The van der Waals surface area contributed by atoms with Crippen molar-refractivity contribution in [3.8, 4) is 0 Å². The Morgan fingerprint density at radius 2 is 2.27 bits per heavy atom. The van der Waals surface area contributed by atoms with E-state index in [-0.39, 0.29) is 5.78 Å². The minimum absolute atomic E-state index is 0.0327. The summed E-state index contributed by atoms with van der Waals surface area (Å²) in [6, 6.07) is 5.38. The molecule has 2 nitrogen and oxygen atoms in total. The van der Waals surface area contributed by atoms with Crippen molar-refractivity contribution in [3.05, 3.63) is 28.8 Å². The standard InChI is InChI=1S/C11H13ClO2S/c1-8(13)9-3-4-11(10(12)7-9)15-6-5-14-2/h3-4,7H,5-6H2,1-2H3. The van der Waals surface area contributed by atoms with Crippen LogP contribution in [-0.2, 0) is 4.74 Å². The molecule has 0 amide bonds. The van der Waals surface area contributed by atoms with Gasteiger partial charge in [0.2, 0.25) is 0 Å². The molecule has 0 atom stereocenters. The number of hydrogen-bond acceptors (Lipinski definition) is 3. The normalized spacial score (nSPS) is 10.3. The first-order chi connectivity index (χ1) is 7.15. The molecule has 0 saturated carbocycles. The Bertz CT molecular complexity index is 352. The third-order valence-corrected chi connectivity index (χ3v) is 3.35. The first kappa shape index (κ1) is 12.6. The summed E-state index contributed by atoms with van der Waals surface area (Å²) in [7, 11) is 1.67. The largest absolute Gasteiger partial charge is 0.384 e. The molecule has 4 heteroatoms. The summed E-state index contributed by atoms with van der Waals surface area (Å²) in [4.78, 5) is 12.1. The van der Waals surface area contributed by atoms with Gasteiger partial charge in [-0.3, -0.25) is 4.79 Å². The summed E-state index contributed by atoms with van der Waals surface area (Å²) in [6.45, 7) is 2.22. The number of thioether (sulfide) groups is 1. The van der Waals surface area contributed by atoms with E-state index in [1.165, 1.54) is 6.92 Å². The third-order valence-electron chi connectivity index (χ3n) is 1.88. The van der Waals surface area contributed by atoms with E-state index in [4.69, 9.17) is 16.3 Å². The second kappa shape index (κ2) is 6.16. The number of ether oxygens (including phenoxy) is 1. The van der Waals surface area contributed by atoms with Gasteiger partial charge in [-0.05, 0) is 19.1 Å². The molecule has 0 heterocycles. The number of Topliss-reactive ketones (excluding diaryl/α,β-unsaturated/α-hetero) is 1. The molecule has 0 spiro atoms. The lowest BCUT2D eigenvalue weighted by Crippen LogP contribution is -1.94. The summed E-state index contributed by atoms with van der Waals surface area (Å²) in [6.07, 6.45) is 0. The fourth-order valence-corrected chi connectivity index (χ4v) is 2.25. The highest BCUT2D eigenvalue weighted by molar-refractivity contribution is 7.99. The molecule has 0 N–H and O–H groups in total. The molecule has 0 bridgehead atoms. The fourth-order valence-electron chi connectivity index (χ4n) is 1.07. The van der Waals surface area contributed by atoms with Gasteiger partial charge in [-0.25, -0.2) is 0 Å². The zero-order chi connectivity index (χ0) is 11.3. The molecule has 0 aliphatic carbocycles. The predicted octanol–water partition coefficient (Wildman–Crippen LogP) is 3.28. The van der Waals surface area contributed by atoms with E-state index in [0.29, 0.717) is 17.2 Å². The van der Waals surface area contributed by atoms with Gasteiger partial charge >= 0.3 is 0 Å². The van der Waals surface area contributed by atoms with E-state index in [2.05, 4.69) is 0 Å². The number of halogens is 1. The van der Waals surface area contributed by atoms with Crippen LogP contribution < -0.4 is 0 Å². The second-order valence-corrected chi connectivity index (χ2v) is 4.59. The molecule has 1 rings (SSSR count). The second-order valence-electron chi connectivity index (χ2n) is 3.04. The van der Waals surface area contributed by atoms with Gasteiger partial charge in [0.15, 0.2) is 5.78 Å². The van der Waals surface area contributed by atoms with E-state index >= 15 is 0 Å². The van der Waals surface area contributed by atoms with Crippen molar-refractivity contribution in [2.45, 2.75) is 11.8 Å². The maximum Gasteiger partial charge on any atom is 0.159 e. The van der Waals surface area contributed by atoms with Crippen LogP contribution in [0.4, 0.5) is 0 Å². The van der Waals surface area contributed by atoms with E-state index in [9.17, 15) is 4.79 Å². The van der Waals surface area contributed by atoms with Gasteiger partial charge < -0.3 is 4.74 Å². The monoisotopic (exact) mass is 244 g/mol. The number of ketones is 1. The van der Waals surface area contributed by atoms with Crippen LogP contribution in [0.3, 0.4) is 0 Å². The highest BCUT2D eigenvalue weighted by atomic mass is 35.5. The Labute approximate surface area is 99.0 Å². The van der Waals surface area contributed by atoms with Crippen molar-refractivity contribution in [3.63, 3.8) is 0 Å². The van der Waals surface area contributed by atoms with Crippen LogP contribution in [0.5, 0.6) is 0 Å². The van der Waals surface area contributed by atoms with E-state index in [1.54, 1.807) is 31.0 Å². The lowest BCUT2D eigenvalue weighted by molar-refractivity contribution is 0.101. The van der Waals surface area contributed by atoms with E-state index in [0.717, 1.165) is 10.6 Å². The maximum absolute atomic E-state index is 11.1. The highest BCUT2D eigenvalue weighted by Gasteiger charge is 2.05. The minimum Gasteiger partial charge on any atom is -0.384 e. The average Bonchev–Trinajstić information content (AvgIpc) is 2.20. The number of carbonyl (C=O) groups is 1. The Morgan fingerprint density at radius 3 is 2.80 bits per heavy atom. The number of methoxy groups -OCH3 is 1. The summed E-state index contributed by atoms with van der Waals surface area (Å²) in [5.41, 5.74) is 0.649. The van der Waals surface area contributed by atoms with Crippen molar-refractivity contribution in [1.82, 2.24) is 0 Å². The number of benzene rings is 1. The van der Waals surface area contributed by atoms with Gasteiger partial charge in [-0.15, -0.1) is 11.8 Å². The Hall–Kier alpha value is -0.510. The zero-order valence-corrected chi connectivity index (χ0v) is 10.3. The molecule has 1 aromatic carbocycles. The smallest absolute Gasteiger partial charge is 0.159 e. The van der Waals surface area contributed by atoms with Gasteiger partial charge in [0.25, 0.3) is 0 Å². The minimum atomic E-state index is 0.0327. The molecule has 82 valence electrons. The third kappa shape index (κ3) is 3.86. The first-order valence-corrected chi connectivity index (χ1v) is 5.93. The quantitative estimate of drug-likeness (QED) is 0.452. The summed E-state index contributed by atoms with van der Waals surface area (Å²) < 4.78 is 4.95. The summed E-state index contributed by atoms with van der Waals surface area (Å²) >= 11 is 7.66. The Kier molecular flexibility index (Phi) is 5.15. The van der Waals surface area contributed by atoms with Crippen molar-refractivity contribution < 1.29 is 9.53 Å². The summed E-state index contributed by atoms with van der Waals surface area (Å²) in [5, 5.41) is 0.629. The lowest BCUT2D eigenvalue weighted by atomic mass is 10.1. The van der Waals surface area contributed by atoms with Crippen LogP contribution in [0.15, 0.2) is 23.1 Å². The van der Waals surface area contributed by atoms with Crippen LogP contribution in [0, 0.1) is 0 Å². The Balaban J connectivity index is 2.70. The molecular weight excluding hydrogens is 232 g/mol. The molecule has 15 heavy (non-hydrogen) atoms. The van der Waals surface area contributed by atoms with E-state index < -0.39 is 0 Å². The van der Waals surface area contributed by atoms with Crippen molar-refractivity contribution in [2.75, 3.05) is 19.5 Å². The molecule has 0 unspecified atom stereocenters. The van der Waals surface area contributed by atoms with Crippen LogP contribution in [-0.4, -0.2) is 25.3 Å². The SMILES string of the molecule is COCCSc1ccc(C(C)=O)cc1Cl. The van der Waals surface area contributed by atoms with Gasteiger partial charge in [0.05, 0.1) is 11.6 Å². The summed E-state index contributed by atoms with van der Waals surface area (Å²) in [5.74, 6) is 0.890. The number of rotatable bonds is 5. The average molecular weight is 245 g/mol. The van der Waals surface area contributed by atoms with Gasteiger partial charge in [-0.2, -0.15) is 0 Å². The molecule has 0 aliphatic heterocycles. The predicted molar refractivity (Wildman–Crippen MR) is 64.1 cm³/mol. The number of hydrogen-bond donors (Lipinski definition) is 0. The van der Waals surface area contributed by atoms with Crippen LogP contribution >= 0.6 is 23.4 Å². The molecule has 0 aromatic heterocycles. The molecule has 1 aromatic rings. The number of carbonyl (C=O) groups excluding carboxylic acids is 1. The van der Waals surface area contributed by atoms with Crippen LogP contribution in [0.25, 0.3) is 0 Å². The van der Waals surface area contributed by atoms with Gasteiger partial charge in [0.1, 0.15) is 0 Å². The molecule has 0 saturated heterocycles. The first-order valence-electron chi connectivity index (χ1n) is 4.57. The highest BCUT2D eigenvalue weighted by Crippen LogP contribution is 2.27.